The number of para-hydroxylation sites is 1. The fraction of sp³-hybridized carbons (Fsp3) is 0.321. The Morgan fingerprint density at radius 2 is 1.89 bits per heavy atom. The number of Topliss-reactive ketones (excluding diaryl/α,β-unsaturated/α-hetero) is 1. The Bertz CT molecular complexity index is 1300. The topological polar surface area (TPSA) is 80.6 Å². The van der Waals surface area contributed by atoms with Crippen molar-refractivity contribution in [2.45, 2.75) is 39.3 Å². The average Bonchev–Trinajstić information content (AvgIpc) is 3.16. The van der Waals surface area contributed by atoms with Crippen molar-refractivity contribution in [2.75, 3.05) is 19.7 Å². The van der Waals surface area contributed by atoms with Gasteiger partial charge in [-0.25, -0.2) is 0 Å². The van der Waals surface area contributed by atoms with Gasteiger partial charge in [0.15, 0.2) is 5.78 Å². The van der Waals surface area contributed by atoms with Gasteiger partial charge in [-0.1, -0.05) is 40.7 Å². The highest BCUT2D eigenvalue weighted by molar-refractivity contribution is 9.10. The molecule has 0 unspecified atom stereocenters. The van der Waals surface area contributed by atoms with E-state index in [9.17, 15) is 14.4 Å². The van der Waals surface area contributed by atoms with Crippen LogP contribution in [0.1, 0.15) is 34.3 Å². The van der Waals surface area contributed by atoms with E-state index >= 15 is 0 Å². The van der Waals surface area contributed by atoms with Crippen molar-refractivity contribution in [1.29, 1.82) is 0 Å². The zero-order chi connectivity index (χ0) is 25.8. The minimum atomic E-state index is -0.161. The van der Waals surface area contributed by atoms with Gasteiger partial charge in [0.1, 0.15) is 12.3 Å². The molecule has 2 amide bonds. The van der Waals surface area contributed by atoms with Crippen LogP contribution < -0.4 is 10.1 Å². The molecule has 0 saturated carbocycles. The molecule has 7 nitrogen and oxygen atoms in total. The first kappa shape index (κ1) is 25.7. The summed E-state index contributed by atoms with van der Waals surface area (Å²) < 4.78 is 8.63. The number of hydrogen-bond donors (Lipinski definition) is 1. The fourth-order valence-corrected chi connectivity index (χ4v) is 4.86. The third kappa shape index (κ3) is 5.70. The van der Waals surface area contributed by atoms with Crippen LogP contribution >= 0.6 is 15.9 Å². The van der Waals surface area contributed by atoms with Crippen LogP contribution in [0, 0.1) is 13.8 Å². The quantitative estimate of drug-likeness (QED) is 0.227. The van der Waals surface area contributed by atoms with E-state index in [0.29, 0.717) is 38.1 Å². The summed E-state index contributed by atoms with van der Waals surface area (Å²) in [5.74, 6) is 0.594. The lowest BCUT2D eigenvalue weighted by Gasteiger charge is -2.38. The van der Waals surface area contributed by atoms with Gasteiger partial charge >= 0.3 is 0 Å². The van der Waals surface area contributed by atoms with Gasteiger partial charge in [-0.2, -0.15) is 0 Å². The fourth-order valence-electron chi connectivity index (χ4n) is 4.50. The Morgan fingerprint density at radius 3 is 2.58 bits per heavy atom. The molecule has 0 aliphatic carbocycles. The predicted molar refractivity (Wildman–Crippen MR) is 143 cm³/mol. The van der Waals surface area contributed by atoms with Crippen LogP contribution in [0.5, 0.6) is 5.75 Å². The molecule has 3 aromatic rings. The van der Waals surface area contributed by atoms with Gasteiger partial charge in [-0.15, -0.1) is 0 Å². The molecule has 1 aromatic heterocycles. The van der Waals surface area contributed by atoms with Gasteiger partial charge in [0, 0.05) is 46.6 Å². The summed E-state index contributed by atoms with van der Waals surface area (Å²) in [6.45, 7) is 9.00. The van der Waals surface area contributed by atoms with E-state index in [0.717, 1.165) is 32.3 Å². The van der Waals surface area contributed by atoms with Gasteiger partial charge in [0.05, 0.1) is 12.6 Å². The third-order valence-corrected chi connectivity index (χ3v) is 6.89. The number of benzene rings is 2. The monoisotopic (exact) mass is 551 g/mol. The number of aromatic nitrogens is 1. The summed E-state index contributed by atoms with van der Waals surface area (Å²) >= 11 is 3.49. The van der Waals surface area contributed by atoms with Crippen LogP contribution in [-0.2, 0) is 16.1 Å². The Labute approximate surface area is 219 Å². The summed E-state index contributed by atoms with van der Waals surface area (Å²) in [5.41, 5.74) is 3.57. The largest absolute Gasteiger partial charge is 0.493 e. The lowest BCUT2D eigenvalue weighted by atomic mass is 10.1. The molecular weight excluding hydrogens is 522 g/mol. The van der Waals surface area contributed by atoms with Crippen LogP contribution in [0.3, 0.4) is 0 Å². The number of rotatable bonds is 10. The normalized spacial score (nSPS) is 13.4. The van der Waals surface area contributed by atoms with E-state index in [-0.39, 0.29) is 30.2 Å². The lowest BCUT2D eigenvalue weighted by molar-refractivity contribution is -0.133. The molecule has 4 rings (SSSR count). The molecule has 1 saturated heterocycles. The maximum atomic E-state index is 13.1. The van der Waals surface area contributed by atoms with Gasteiger partial charge < -0.3 is 19.5 Å². The zero-order valence-corrected chi connectivity index (χ0v) is 22.1. The molecule has 2 aromatic carbocycles. The van der Waals surface area contributed by atoms with Crippen LogP contribution in [0.4, 0.5) is 0 Å². The molecule has 1 N–H and O–H groups in total. The molecule has 1 aliphatic rings. The van der Waals surface area contributed by atoms with Crippen LogP contribution in [0.25, 0.3) is 10.9 Å². The number of amides is 2. The Kier molecular flexibility index (Phi) is 7.94. The predicted octanol–water partition coefficient (Wildman–Crippen LogP) is 4.58. The SMILES string of the molecule is C=CC(=O)N1CC(NC(=O)Cn2cc(C(=O)CCCOc3c(C)cccc3C)c3cc(Br)ccc32)C1. The van der Waals surface area contributed by atoms with Crippen LogP contribution in [0.2, 0.25) is 0 Å². The van der Waals surface area contributed by atoms with E-state index in [4.69, 9.17) is 4.74 Å². The smallest absolute Gasteiger partial charge is 0.246 e. The van der Waals surface area contributed by atoms with Crippen molar-refractivity contribution in [1.82, 2.24) is 14.8 Å². The van der Waals surface area contributed by atoms with E-state index in [1.165, 1.54) is 6.08 Å². The highest BCUT2D eigenvalue weighted by atomic mass is 79.9. The number of carbonyl (C=O) groups is 3. The first-order valence-electron chi connectivity index (χ1n) is 12.0. The minimum Gasteiger partial charge on any atom is -0.493 e. The molecule has 1 aliphatic heterocycles. The Morgan fingerprint density at radius 1 is 1.17 bits per heavy atom. The Hall–Kier alpha value is -3.39. The zero-order valence-electron chi connectivity index (χ0n) is 20.6. The molecule has 0 spiro atoms. The summed E-state index contributed by atoms with van der Waals surface area (Å²) in [7, 11) is 0. The van der Waals surface area contributed by atoms with Gasteiger partial charge in [-0.3, -0.25) is 14.4 Å². The standard InChI is InChI=1S/C28H30BrN3O4/c1-4-27(35)32-14-21(15-32)30-26(34)17-31-16-23(22-13-20(29)10-11-24(22)31)25(33)9-6-12-36-28-18(2)7-5-8-19(28)3/h4-5,7-8,10-11,13,16,21H,1,6,9,12,14-15,17H2,2-3H3,(H,30,34). The van der Waals surface area contributed by atoms with Crippen molar-refractivity contribution < 1.29 is 19.1 Å². The summed E-state index contributed by atoms with van der Waals surface area (Å²) in [4.78, 5) is 39.1. The summed E-state index contributed by atoms with van der Waals surface area (Å²) in [6, 6.07) is 11.7. The highest BCUT2D eigenvalue weighted by Gasteiger charge is 2.30. The number of ketones is 1. The maximum Gasteiger partial charge on any atom is 0.246 e. The molecule has 0 atom stereocenters. The number of likely N-dealkylation sites (tertiary alicyclic amines) is 1. The molecular formula is C28H30BrN3O4. The first-order chi connectivity index (χ1) is 17.3. The number of carbonyl (C=O) groups excluding carboxylic acids is 3. The highest BCUT2D eigenvalue weighted by Crippen LogP contribution is 2.27. The number of nitrogens with zero attached hydrogens (tertiary/aromatic N) is 2. The van der Waals surface area contributed by atoms with Crippen LogP contribution in [-0.4, -0.2) is 52.8 Å². The summed E-state index contributed by atoms with van der Waals surface area (Å²) in [5, 5.41) is 3.77. The van der Waals surface area contributed by atoms with Crippen molar-refractivity contribution in [3.05, 3.63) is 76.4 Å². The molecule has 0 bridgehead atoms. The lowest BCUT2D eigenvalue weighted by Crippen LogP contribution is -2.61. The Balaban J connectivity index is 1.39. The first-order valence-corrected chi connectivity index (χ1v) is 12.8. The second-order valence-corrected chi connectivity index (χ2v) is 10.1. The maximum absolute atomic E-state index is 13.1. The van der Waals surface area contributed by atoms with Crippen molar-refractivity contribution in [3.8, 4) is 5.75 Å². The molecule has 2 heterocycles. The number of aryl methyl sites for hydroxylation is 2. The minimum absolute atomic E-state index is 0.0138. The van der Waals surface area contributed by atoms with Crippen molar-refractivity contribution in [2.24, 2.45) is 0 Å². The number of halogens is 1. The van der Waals surface area contributed by atoms with Gasteiger partial charge in [0.2, 0.25) is 11.8 Å². The van der Waals surface area contributed by atoms with E-state index < -0.39 is 0 Å². The van der Waals surface area contributed by atoms with Crippen molar-refractivity contribution in [3.63, 3.8) is 0 Å². The van der Waals surface area contributed by atoms with E-state index in [1.807, 2.05) is 54.8 Å². The molecule has 1 fully saturated rings. The van der Waals surface area contributed by atoms with E-state index in [2.05, 4.69) is 27.8 Å². The molecule has 0 radical (unpaired) electrons. The number of hydrogen-bond acceptors (Lipinski definition) is 4. The number of nitrogens with one attached hydrogen (secondary N) is 1. The second-order valence-electron chi connectivity index (χ2n) is 9.14. The number of fused-ring (bicyclic) bond motifs is 1. The van der Waals surface area contributed by atoms with Crippen LogP contribution in [0.15, 0.2) is 59.7 Å². The van der Waals surface area contributed by atoms with Gasteiger partial charge in [0.25, 0.3) is 0 Å². The van der Waals surface area contributed by atoms with Gasteiger partial charge in [-0.05, 0) is 55.7 Å². The third-order valence-electron chi connectivity index (χ3n) is 6.39. The molecule has 8 heteroatoms. The molecule has 36 heavy (non-hydrogen) atoms. The molecule has 188 valence electrons. The second kappa shape index (κ2) is 11.1. The number of ether oxygens (including phenoxy) is 1. The van der Waals surface area contributed by atoms with E-state index in [1.54, 1.807) is 11.1 Å². The van der Waals surface area contributed by atoms with Crippen molar-refractivity contribution >= 4 is 44.4 Å². The average molecular weight is 552 g/mol. The summed E-state index contributed by atoms with van der Waals surface area (Å²) in [6.07, 6.45) is 3.98.